The quantitative estimate of drug-likeness (QED) is 0.691. The lowest BCUT2D eigenvalue weighted by molar-refractivity contribution is -0.114. The Morgan fingerprint density at radius 1 is 1.07 bits per heavy atom. The van der Waals surface area contributed by atoms with Gasteiger partial charge in [0.15, 0.2) is 5.58 Å². The molecule has 1 aliphatic heterocycles. The molecule has 0 saturated carbocycles. The number of carbonyl (C=O) groups excluding carboxylic acids is 1. The second kappa shape index (κ2) is 8.09. The molecule has 4 rings (SSSR count). The van der Waals surface area contributed by atoms with Gasteiger partial charge in [-0.25, -0.2) is 4.79 Å². The molecule has 0 unspecified atom stereocenters. The van der Waals surface area contributed by atoms with Gasteiger partial charge in [-0.15, -0.1) is 0 Å². The lowest BCUT2D eigenvalue weighted by atomic mass is 10.1. The smallest absolute Gasteiger partial charge is 0.360 e. The van der Waals surface area contributed by atoms with Gasteiger partial charge in [-0.05, 0) is 30.2 Å². The molecule has 0 aliphatic carbocycles. The number of hydrogen-bond donors (Lipinski definition) is 1. The first-order chi connectivity index (χ1) is 14.0. The van der Waals surface area contributed by atoms with Crippen molar-refractivity contribution >= 4 is 28.3 Å². The maximum Gasteiger partial charge on any atom is 0.360 e. The van der Waals surface area contributed by atoms with Gasteiger partial charge >= 0.3 is 5.63 Å². The highest BCUT2D eigenvalue weighted by molar-refractivity contribution is 5.95. The number of hydrogen-bond acceptors (Lipinski definition) is 5. The monoisotopic (exact) mass is 391 g/mol. The minimum atomic E-state index is -0.526. The summed E-state index contributed by atoms with van der Waals surface area (Å²) in [5.74, 6) is -0.292. The summed E-state index contributed by atoms with van der Waals surface area (Å²) in [7, 11) is 0. The highest BCUT2D eigenvalue weighted by Crippen LogP contribution is 2.30. The van der Waals surface area contributed by atoms with Gasteiger partial charge in [0, 0.05) is 45.0 Å². The first-order valence-electron chi connectivity index (χ1n) is 9.87. The first kappa shape index (κ1) is 19.2. The van der Waals surface area contributed by atoms with Crippen molar-refractivity contribution in [3.63, 3.8) is 0 Å². The van der Waals surface area contributed by atoms with Gasteiger partial charge in [-0.2, -0.15) is 0 Å². The maximum absolute atomic E-state index is 12.4. The molecule has 1 amide bonds. The third kappa shape index (κ3) is 4.17. The zero-order valence-electron chi connectivity index (χ0n) is 16.8. The third-order valence-corrected chi connectivity index (χ3v) is 5.37. The van der Waals surface area contributed by atoms with E-state index in [0.717, 1.165) is 49.4 Å². The molecule has 1 aliphatic rings. The van der Waals surface area contributed by atoms with E-state index >= 15 is 0 Å². The number of fused-ring (bicyclic) bond motifs is 1. The van der Waals surface area contributed by atoms with Gasteiger partial charge in [-0.1, -0.05) is 36.4 Å². The van der Waals surface area contributed by atoms with Crippen LogP contribution in [0.5, 0.6) is 0 Å². The molecule has 150 valence electrons. The Morgan fingerprint density at radius 2 is 1.79 bits per heavy atom. The minimum absolute atomic E-state index is 0.179. The number of nitrogens with one attached hydrogen (secondary N) is 1. The van der Waals surface area contributed by atoms with Crippen molar-refractivity contribution in [3.8, 4) is 0 Å². The van der Waals surface area contributed by atoms with E-state index in [1.807, 2.05) is 25.1 Å². The summed E-state index contributed by atoms with van der Waals surface area (Å²) < 4.78 is 5.66. The van der Waals surface area contributed by atoms with E-state index in [4.69, 9.17) is 4.42 Å². The highest BCUT2D eigenvalue weighted by Gasteiger charge is 2.21. The van der Waals surface area contributed by atoms with Crippen LogP contribution in [-0.2, 0) is 11.3 Å². The Labute approximate surface area is 169 Å². The normalized spacial score (nSPS) is 14.9. The second-order valence-electron chi connectivity index (χ2n) is 7.52. The average Bonchev–Trinajstić information content (AvgIpc) is 2.71. The number of piperazine rings is 1. The Hall–Kier alpha value is -3.12. The Morgan fingerprint density at radius 3 is 2.48 bits per heavy atom. The molecule has 29 heavy (non-hydrogen) atoms. The fraction of sp³-hybridized carbons (Fsp3) is 0.304. The van der Waals surface area contributed by atoms with Gasteiger partial charge in [0.25, 0.3) is 0 Å². The lowest BCUT2D eigenvalue weighted by Gasteiger charge is -2.36. The number of aryl methyl sites for hydroxylation is 1. The second-order valence-corrected chi connectivity index (χ2v) is 7.52. The van der Waals surface area contributed by atoms with Crippen molar-refractivity contribution in [1.29, 1.82) is 0 Å². The van der Waals surface area contributed by atoms with Crippen LogP contribution in [0.2, 0.25) is 0 Å². The van der Waals surface area contributed by atoms with E-state index in [9.17, 15) is 9.59 Å². The van der Waals surface area contributed by atoms with Gasteiger partial charge in [0.05, 0.1) is 5.69 Å². The highest BCUT2D eigenvalue weighted by atomic mass is 16.4. The standard InChI is InChI=1S/C23H25N3O3/c1-16-8-9-21(22-19(16)14-20(23(28)29-22)24-17(2)27)26-12-10-25(11-13-26)15-18-6-4-3-5-7-18/h3-9,14H,10-13,15H2,1-2H3,(H,24,27). The molecular weight excluding hydrogens is 366 g/mol. The first-order valence-corrected chi connectivity index (χ1v) is 9.87. The lowest BCUT2D eigenvalue weighted by Crippen LogP contribution is -2.46. The average molecular weight is 391 g/mol. The number of anilines is 2. The van der Waals surface area contributed by atoms with Crippen LogP contribution in [0.15, 0.2) is 57.7 Å². The minimum Gasteiger partial charge on any atom is -0.419 e. The molecule has 1 fully saturated rings. The Balaban J connectivity index is 1.57. The molecule has 2 heterocycles. The van der Waals surface area contributed by atoms with Crippen molar-refractivity contribution < 1.29 is 9.21 Å². The van der Waals surface area contributed by atoms with Gasteiger partial charge < -0.3 is 14.6 Å². The maximum atomic E-state index is 12.4. The zero-order valence-corrected chi connectivity index (χ0v) is 16.8. The molecule has 6 heteroatoms. The van der Waals surface area contributed by atoms with E-state index in [-0.39, 0.29) is 11.6 Å². The molecule has 1 aromatic heterocycles. The van der Waals surface area contributed by atoms with Crippen molar-refractivity contribution in [2.75, 3.05) is 36.4 Å². The van der Waals surface area contributed by atoms with Crippen LogP contribution in [0, 0.1) is 6.92 Å². The number of nitrogens with zero attached hydrogens (tertiary/aromatic N) is 2. The molecule has 0 atom stereocenters. The van der Waals surface area contributed by atoms with E-state index in [1.165, 1.54) is 12.5 Å². The molecule has 0 bridgehead atoms. The number of rotatable bonds is 4. The van der Waals surface area contributed by atoms with Crippen LogP contribution < -0.4 is 15.8 Å². The SMILES string of the molecule is CC(=O)Nc1cc2c(C)ccc(N3CCN(Cc4ccccc4)CC3)c2oc1=O. The molecule has 3 aromatic rings. The topological polar surface area (TPSA) is 65.8 Å². The van der Waals surface area contributed by atoms with Crippen molar-refractivity contribution in [2.45, 2.75) is 20.4 Å². The van der Waals surface area contributed by atoms with Crippen molar-refractivity contribution in [3.05, 3.63) is 70.1 Å². The van der Waals surface area contributed by atoms with E-state index < -0.39 is 5.63 Å². The van der Waals surface area contributed by atoms with Crippen LogP contribution >= 0.6 is 0 Å². The van der Waals surface area contributed by atoms with Gasteiger partial charge in [0.1, 0.15) is 5.69 Å². The summed E-state index contributed by atoms with van der Waals surface area (Å²) in [6.07, 6.45) is 0. The summed E-state index contributed by atoms with van der Waals surface area (Å²) in [4.78, 5) is 28.4. The largest absolute Gasteiger partial charge is 0.419 e. The van der Waals surface area contributed by atoms with Crippen LogP contribution in [0.1, 0.15) is 18.1 Å². The summed E-state index contributed by atoms with van der Waals surface area (Å²) >= 11 is 0. The summed E-state index contributed by atoms with van der Waals surface area (Å²) in [5.41, 5.74) is 3.48. The summed E-state index contributed by atoms with van der Waals surface area (Å²) in [5, 5.41) is 3.40. The number of benzene rings is 2. The fourth-order valence-corrected chi connectivity index (χ4v) is 3.84. The number of amides is 1. The van der Waals surface area contributed by atoms with Gasteiger partial charge in [0.2, 0.25) is 5.91 Å². The van der Waals surface area contributed by atoms with Crippen LogP contribution in [0.25, 0.3) is 11.0 Å². The zero-order chi connectivity index (χ0) is 20.4. The molecule has 1 N–H and O–H groups in total. The fourth-order valence-electron chi connectivity index (χ4n) is 3.84. The molecule has 6 nitrogen and oxygen atoms in total. The van der Waals surface area contributed by atoms with E-state index in [0.29, 0.717) is 5.58 Å². The van der Waals surface area contributed by atoms with Crippen LogP contribution in [0.4, 0.5) is 11.4 Å². The molecule has 1 saturated heterocycles. The molecule has 0 spiro atoms. The Kier molecular flexibility index (Phi) is 5.36. The predicted octanol–water partition coefficient (Wildman–Crippen LogP) is 3.38. The predicted molar refractivity (Wildman–Crippen MR) is 115 cm³/mol. The van der Waals surface area contributed by atoms with Crippen molar-refractivity contribution in [2.24, 2.45) is 0 Å². The summed E-state index contributed by atoms with van der Waals surface area (Å²) in [6.45, 7) is 7.91. The van der Waals surface area contributed by atoms with Crippen LogP contribution in [0.3, 0.4) is 0 Å². The van der Waals surface area contributed by atoms with E-state index in [2.05, 4.69) is 39.4 Å². The summed E-state index contributed by atoms with van der Waals surface area (Å²) in [6, 6.07) is 16.3. The number of carbonyl (C=O) groups is 1. The molecule has 0 radical (unpaired) electrons. The molecule has 2 aromatic carbocycles. The van der Waals surface area contributed by atoms with Gasteiger partial charge in [-0.3, -0.25) is 9.69 Å². The Bertz CT molecular complexity index is 1080. The van der Waals surface area contributed by atoms with E-state index in [1.54, 1.807) is 6.07 Å². The van der Waals surface area contributed by atoms with Crippen LogP contribution in [-0.4, -0.2) is 37.0 Å². The third-order valence-electron chi connectivity index (χ3n) is 5.37. The molecular formula is C23H25N3O3. The van der Waals surface area contributed by atoms with Crippen molar-refractivity contribution in [1.82, 2.24) is 4.90 Å².